The zero-order valence-corrected chi connectivity index (χ0v) is 22.5. The predicted molar refractivity (Wildman–Crippen MR) is 147 cm³/mol. The maximum absolute atomic E-state index is 13.3. The van der Waals surface area contributed by atoms with Crippen LogP contribution in [-0.2, 0) is 29.4 Å². The number of hydrogen-bond acceptors (Lipinski definition) is 4. The summed E-state index contributed by atoms with van der Waals surface area (Å²) in [5, 5.41) is 11.1. The Kier molecular flexibility index (Phi) is 6.74. The van der Waals surface area contributed by atoms with Crippen molar-refractivity contribution in [2.45, 2.75) is 43.5 Å². The monoisotopic (exact) mass is 579 g/mol. The number of nitrogens with zero attached hydrogens (tertiary/aromatic N) is 2. The number of alkyl halides is 3. The Morgan fingerprint density at radius 1 is 1.05 bits per heavy atom. The van der Waals surface area contributed by atoms with Gasteiger partial charge in [0.05, 0.1) is 28.8 Å². The second kappa shape index (κ2) is 10.2. The minimum Gasteiger partial charge on any atom is -0.378 e. The topological polar surface area (TPSA) is 86.3 Å². The van der Waals surface area contributed by atoms with E-state index in [0.29, 0.717) is 29.1 Å². The molecule has 2 aliphatic rings. The van der Waals surface area contributed by atoms with Crippen LogP contribution < -0.4 is 5.56 Å². The molecule has 1 unspecified atom stereocenters. The number of carbonyl (C=O) groups excluding carboxylic acids is 1. The Balaban J connectivity index is 1.23. The number of aromatic amines is 1. The molecule has 6 nitrogen and oxygen atoms in total. The molecule has 1 amide bonds. The Bertz CT molecular complexity index is 1700. The fourth-order valence-electron chi connectivity index (χ4n) is 5.50. The average molecular weight is 580 g/mol. The second-order valence-electron chi connectivity index (χ2n) is 10.5. The van der Waals surface area contributed by atoms with Gasteiger partial charge in [0.15, 0.2) is 6.10 Å². The summed E-state index contributed by atoms with van der Waals surface area (Å²) in [6, 6.07) is 19.0. The highest BCUT2D eigenvalue weighted by Gasteiger charge is 2.48. The van der Waals surface area contributed by atoms with Crippen molar-refractivity contribution in [2.75, 3.05) is 6.54 Å². The van der Waals surface area contributed by atoms with Crippen LogP contribution in [0.5, 0.6) is 0 Å². The number of aliphatic hydroxyl groups is 1. The number of aliphatic hydroxyl groups excluding tert-OH is 1. The first-order valence-corrected chi connectivity index (χ1v) is 13.6. The minimum absolute atomic E-state index is 0.00861. The molecule has 3 aromatic carbocycles. The third-order valence-electron chi connectivity index (χ3n) is 7.95. The van der Waals surface area contributed by atoms with Gasteiger partial charge in [-0.3, -0.25) is 9.59 Å². The zero-order valence-electron chi connectivity index (χ0n) is 21.7. The van der Waals surface area contributed by atoms with Gasteiger partial charge >= 0.3 is 6.18 Å². The van der Waals surface area contributed by atoms with E-state index in [1.165, 1.54) is 23.1 Å². The number of benzene rings is 3. The van der Waals surface area contributed by atoms with E-state index < -0.39 is 23.8 Å². The maximum Gasteiger partial charge on any atom is 0.416 e. The van der Waals surface area contributed by atoms with Crippen molar-refractivity contribution in [2.24, 2.45) is 0 Å². The first kappa shape index (κ1) is 27.2. The van der Waals surface area contributed by atoms with Crippen molar-refractivity contribution in [3.05, 3.63) is 122 Å². The Morgan fingerprint density at radius 2 is 1.80 bits per heavy atom. The van der Waals surface area contributed by atoms with E-state index in [1.54, 1.807) is 12.1 Å². The summed E-state index contributed by atoms with van der Waals surface area (Å²) in [5.74, 6) is 0.0201. The number of aromatic nitrogens is 2. The summed E-state index contributed by atoms with van der Waals surface area (Å²) < 4.78 is 39.8. The van der Waals surface area contributed by atoms with Gasteiger partial charge in [-0.2, -0.15) is 13.2 Å². The van der Waals surface area contributed by atoms with E-state index in [0.717, 1.165) is 30.5 Å². The molecule has 4 aromatic rings. The van der Waals surface area contributed by atoms with Gasteiger partial charge in [-0.15, -0.1) is 0 Å². The number of carbonyl (C=O) groups is 1. The lowest BCUT2D eigenvalue weighted by Crippen LogP contribution is -2.42. The molecule has 1 aromatic heterocycles. The van der Waals surface area contributed by atoms with Crippen LogP contribution in [0.3, 0.4) is 0 Å². The minimum atomic E-state index is -4.55. The summed E-state index contributed by atoms with van der Waals surface area (Å²) >= 11 is 6.19. The van der Waals surface area contributed by atoms with Crippen LogP contribution in [0.1, 0.15) is 52.7 Å². The van der Waals surface area contributed by atoms with E-state index >= 15 is 0 Å². The summed E-state index contributed by atoms with van der Waals surface area (Å²) in [7, 11) is 0. The third kappa shape index (κ3) is 5.04. The van der Waals surface area contributed by atoms with Gasteiger partial charge in [0.1, 0.15) is 5.82 Å². The van der Waals surface area contributed by atoms with Gasteiger partial charge < -0.3 is 15.0 Å². The van der Waals surface area contributed by atoms with Crippen LogP contribution in [0.4, 0.5) is 13.2 Å². The van der Waals surface area contributed by atoms with Crippen LogP contribution in [-0.4, -0.2) is 32.4 Å². The largest absolute Gasteiger partial charge is 0.416 e. The van der Waals surface area contributed by atoms with Crippen molar-refractivity contribution in [3.8, 4) is 11.1 Å². The molecular formula is C31H25ClF3N3O3. The Labute approximate surface area is 238 Å². The van der Waals surface area contributed by atoms with E-state index in [9.17, 15) is 27.9 Å². The molecule has 1 atom stereocenters. The van der Waals surface area contributed by atoms with Gasteiger partial charge in [-0.05, 0) is 53.8 Å². The highest BCUT2D eigenvalue weighted by Crippen LogP contribution is 2.52. The van der Waals surface area contributed by atoms with Crippen LogP contribution in [0, 0.1) is 0 Å². The van der Waals surface area contributed by atoms with Crippen LogP contribution in [0.15, 0.2) is 77.6 Å². The molecule has 0 saturated heterocycles. The maximum atomic E-state index is 13.3. The molecule has 6 rings (SSSR count). The van der Waals surface area contributed by atoms with Crippen molar-refractivity contribution in [1.82, 2.24) is 14.9 Å². The molecule has 1 saturated carbocycles. The zero-order chi connectivity index (χ0) is 28.9. The number of halogens is 4. The molecule has 1 fully saturated rings. The van der Waals surface area contributed by atoms with E-state index in [1.807, 2.05) is 30.3 Å². The normalized spacial score (nSPS) is 16.7. The highest BCUT2D eigenvalue weighted by atomic mass is 35.5. The molecule has 210 valence electrons. The average Bonchev–Trinajstić information content (AvgIpc) is 3.79. The van der Waals surface area contributed by atoms with Gasteiger partial charge in [-0.25, -0.2) is 4.98 Å². The molecule has 0 spiro atoms. The summed E-state index contributed by atoms with van der Waals surface area (Å²) in [4.78, 5) is 35.6. The Morgan fingerprint density at radius 3 is 2.51 bits per heavy atom. The van der Waals surface area contributed by atoms with Crippen molar-refractivity contribution in [1.29, 1.82) is 0 Å². The van der Waals surface area contributed by atoms with Crippen molar-refractivity contribution >= 4 is 17.5 Å². The SMILES string of the molecule is O=C(C(O)c1cccc(-c2cc(C(F)(F)F)ccc2Cl)c1)N1CCc2nc(C3(c4ccccc4)CC3)[nH]c(=O)c2C1. The lowest BCUT2D eigenvalue weighted by atomic mass is 9.94. The number of H-pyrrole nitrogens is 1. The van der Waals surface area contributed by atoms with E-state index in [4.69, 9.17) is 16.6 Å². The number of nitrogens with one attached hydrogen (secondary N) is 1. The first-order chi connectivity index (χ1) is 19.6. The standard InChI is InChI=1S/C31H25ClF3N3O3/c32-24-10-9-21(31(33,34)35)16-22(24)18-5-4-6-19(15-18)26(39)28(41)38-14-11-25-23(17-38)27(40)37-29(36-25)30(12-13-30)20-7-2-1-3-8-20/h1-10,15-16,26,39H,11-14,17H2,(H,36,37,40). The van der Waals surface area contributed by atoms with Gasteiger partial charge in [-0.1, -0.05) is 60.1 Å². The summed E-state index contributed by atoms with van der Waals surface area (Å²) in [6.07, 6.45) is -4.00. The molecule has 10 heteroatoms. The molecule has 2 N–H and O–H groups in total. The molecule has 2 heterocycles. The van der Waals surface area contributed by atoms with Gasteiger partial charge in [0.2, 0.25) is 0 Å². The third-order valence-corrected chi connectivity index (χ3v) is 8.28. The number of hydrogen-bond donors (Lipinski definition) is 2. The van der Waals surface area contributed by atoms with Crippen LogP contribution in [0.25, 0.3) is 11.1 Å². The quantitative estimate of drug-likeness (QED) is 0.313. The molecule has 1 aliphatic carbocycles. The fourth-order valence-corrected chi connectivity index (χ4v) is 5.73. The molecular weight excluding hydrogens is 555 g/mol. The van der Waals surface area contributed by atoms with Crippen LogP contribution in [0.2, 0.25) is 5.02 Å². The van der Waals surface area contributed by atoms with Gasteiger partial charge in [0.25, 0.3) is 11.5 Å². The van der Waals surface area contributed by atoms with E-state index in [2.05, 4.69) is 4.98 Å². The molecule has 1 aliphatic heterocycles. The van der Waals surface area contributed by atoms with Crippen LogP contribution >= 0.6 is 11.6 Å². The molecule has 0 radical (unpaired) electrons. The fraction of sp³-hybridized carbons (Fsp3) is 0.258. The smallest absolute Gasteiger partial charge is 0.378 e. The second-order valence-corrected chi connectivity index (χ2v) is 10.9. The first-order valence-electron chi connectivity index (χ1n) is 13.2. The number of rotatable bonds is 5. The lowest BCUT2D eigenvalue weighted by Gasteiger charge is -2.30. The van der Waals surface area contributed by atoms with Gasteiger partial charge in [0, 0.05) is 23.6 Å². The summed E-state index contributed by atoms with van der Waals surface area (Å²) in [5.41, 5.74) is 1.33. The predicted octanol–water partition coefficient (Wildman–Crippen LogP) is 5.81. The lowest BCUT2D eigenvalue weighted by molar-refractivity contribution is -0.141. The van der Waals surface area contributed by atoms with Crippen molar-refractivity contribution < 1.29 is 23.1 Å². The number of fused-ring (bicyclic) bond motifs is 1. The van der Waals surface area contributed by atoms with Crippen molar-refractivity contribution in [3.63, 3.8) is 0 Å². The highest BCUT2D eigenvalue weighted by molar-refractivity contribution is 6.33. The van der Waals surface area contributed by atoms with E-state index in [-0.39, 0.29) is 40.2 Å². The molecule has 0 bridgehead atoms. The number of amides is 1. The summed E-state index contributed by atoms with van der Waals surface area (Å²) in [6.45, 7) is 0.252. The molecule has 41 heavy (non-hydrogen) atoms. The Hall–Kier alpha value is -3.95.